The van der Waals surface area contributed by atoms with Crippen molar-refractivity contribution in [2.24, 2.45) is 0 Å². The van der Waals surface area contributed by atoms with E-state index in [0.717, 1.165) is 18.4 Å². The molecule has 0 aromatic heterocycles. The molecule has 1 aromatic carbocycles. The zero-order chi connectivity index (χ0) is 13.3. The van der Waals surface area contributed by atoms with E-state index in [9.17, 15) is 21.6 Å². The molecule has 0 aliphatic rings. The molecular formula is C10H12F3NO2S. The Kier molecular flexibility index (Phi) is 3.83. The van der Waals surface area contributed by atoms with Crippen LogP contribution in [0, 0.1) is 0 Å². The van der Waals surface area contributed by atoms with Crippen LogP contribution in [0.4, 0.5) is 13.2 Å². The molecule has 1 aromatic rings. The predicted molar refractivity (Wildman–Crippen MR) is 57.4 cm³/mol. The number of alkyl halides is 3. The average molecular weight is 267 g/mol. The van der Waals surface area contributed by atoms with Crippen molar-refractivity contribution in [2.75, 3.05) is 13.3 Å². The molecule has 0 radical (unpaired) electrons. The highest BCUT2D eigenvalue weighted by Gasteiger charge is 2.39. The first-order chi connectivity index (χ1) is 7.66. The van der Waals surface area contributed by atoms with E-state index >= 15 is 0 Å². The van der Waals surface area contributed by atoms with Gasteiger partial charge >= 0.3 is 6.18 Å². The molecule has 17 heavy (non-hydrogen) atoms. The number of benzene rings is 1. The highest BCUT2D eigenvalue weighted by Crippen LogP contribution is 2.32. The number of sulfone groups is 1. The van der Waals surface area contributed by atoms with Crippen LogP contribution in [-0.4, -0.2) is 27.9 Å². The Morgan fingerprint density at radius 1 is 1.18 bits per heavy atom. The number of hydrogen-bond donors (Lipinski definition) is 1. The molecule has 1 N–H and O–H groups in total. The van der Waals surface area contributed by atoms with E-state index in [1.807, 2.05) is 0 Å². The second kappa shape index (κ2) is 4.66. The highest BCUT2D eigenvalue weighted by atomic mass is 32.2. The Labute approximate surface area is 97.6 Å². The van der Waals surface area contributed by atoms with E-state index in [2.05, 4.69) is 5.32 Å². The van der Waals surface area contributed by atoms with Gasteiger partial charge in [-0.05, 0) is 24.7 Å². The first kappa shape index (κ1) is 14.0. The minimum absolute atomic E-state index is 0.00159. The summed E-state index contributed by atoms with van der Waals surface area (Å²) in [4.78, 5) is -0.00159. The van der Waals surface area contributed by atoms with Crippen LogP contribution in [0.2, 0.25) is 0 Å². The van der Waals surface area contributed by atoms with Gasteiger partial charge in [0.05, 0.1) is 4.90 Å². The van der Waals surface area contributed by atoms with Crippen molar-refractivity contribution in [1.29, 1.82) is 0 Å². The van der Waals surface area contributed by atoms with Gasteiger partial charge in [-0.1, -0.05) is 12.1 Å². The maximum atomic E-state index is 12.6. The van der Waals surface area contributed by atoms with Gasteiger partial charge in [0.1, 0.15) is 6.04 Å². The molecule has 0 aliphatic heterocycles. The number of halogens is 3. The quantitative estimate of drug-likeness (QED) is 0.910. The van der Waals surface area contributed by atoms with E-state index < -0.39 is 22.1 Å². The first-order valence-electron chi connectivity index (χ1n) is 4.70. The lowest BCUT2D eigenvalue weighted by atomic mass is 10.1. The van der Waals surface area contributed by atoms with Gasteiger partial charge in [0.2, 0.25) is 0 Å². The lowest BCUT2D eigenvalue weighted by molar-refractivity contribution is -0.156. The van der Waals surface area contributed by atoms with Gasteiger partial charge in [0, 0.05) is 6.26 Å². The van der Waals surface area contributed by atoms with Crippen LogP contribution in [0.15, 0.2) is 29.2 Å². The molecule has 0 bridgehead atoms. The molecule has 0 fully saturated rings. The van der Waals surface area contributed by atoms with Crippen LogP contribution in [0.25, 0.3) is 0 Å². The zero-order valence-corrected chi connectivity index (χ0v) is 10.1. The molecule has 0 saturated carbocycles. The maximum absolute atomic E-state index is 12.6. The Hall–Kier alpha value is -1.08. The molecule has 0 aliphatic carbocycles. The van der Waals surface area contributed by atoms with E-state index in [-0.39, 0.29) is 10.5 Å². The standard InChI is InChI=1S/C10H12F3NO2S/c1-14-9(10(11,12)13)7-3-5-8(6-4-7)17(2,15)16/h3-6,9,14H,1-2H3. The third kappa shape index (κ3) is 3.44. The van der Waals surface area contributed by atoms with E-state index in [1.54, 1.807) is 0 Å². The Balaban J connectivity index is 3.10. The molecule has 0 amide bonds. The van der Waals surface area contributed by atoms with Crippen molar-refractivity contribution < 1.29 is 21.6 Å². The molecule has 0 saturated heterocycles. The Morgan fingerprint density at radius 2 is 1.65 bits per heavy atom. The van der Waals surface area contributed by atoms with Crippen LogP contribution in [0.3, 0.4) is 0 Å². The minimum atomic E-state index is -4.42. The lowest BCUT2D eigenvalue weighted by Gasteiger charge is -2.19. The largest absolute Gasteiger partial charge is 0.407 e. The first-order valence-corrected chi connectivity index (χ1v) is 6.59. The van der Waals surface area contributed by atoms with Crippen LogP contribution in [0.1, 0.15) is 11.6 Å². The molecule has 0 heterocycles. The van der Waals surface area contributed by atoms with Gasteiger partial charge in [0.25, 0.3) is 0 Å². The fourth-order valence-electron chi connectivity index (χ4n) is 1.43. The fraction of sp³-hybridized carbons (Fsp3) is 0.400. The van der Waals surface area contributed by atoms with Crippen LogP contribution in [-0.2, 0) is 9.84 Å². The molecule has 7 heteroatoms. The van der Waals surface area contributed by atoms with Gasteiger partial charge < -0.3 is 5.32 Å². The summed E-state index contributed by atoms with van der Waals surface area (Å²) >= 11 is 0. The summed E-state index contributed by atoms with van der Waals surface area (Å²) in [5, 5.41) is 2.14. The summed E-state index contributed by atoms with van der Waals surface area (Å²) in [6.45, 7) is 0. The van der Waals surface area contributed by atoms with Gasteiger partial charge in [-0.3, -0.25) is 0 Å². The average Bonchev–Trinajstić information content (AvgIpc) is 2.16. The molecule has 3 nitrogen and oxygen atoms in total. The maximum Gasteiger partial charge on any atom is 0.407 e. The van der Waals surface area contributed by atoms with Crippen molar-refractivity contribution in [1.82, 2.24) is 5.32 Å². The third-order valence-corrected chi connectivity index (χ3v) is 3.39. The van der Waals surface area contributed by atoms with Crippen LogP contribution < -0.4 is 5.32 Å². The summed E-state index contributed by atoms with van der Waals surface area (Å²) in [7, 11) is -2.19. The van der Waals surface area contributed by atoms with E-state index in [4.69, 9.17) is 0 Å². The summed E-state index contributed by atoms with van der Waals surface area (Å²) in [6, 6.07) is 2.86. The SMILES string of the molecule is CNC(c1ccc(S(C)(=O)=O)cc1)C(F)(F)F. The van der Waals surface area contributed by atoms with Crippen molar-refractivity contribution >= 4 is 9.84 Å². The van der Waals surface area contributed by atoms with Crippen molar-refractivity contribution in [3.8, 4) is 0 Å². The van der Waals surface area contributed by atoms with Crippen molar-refractivity contribution in [3.63, 3.8) is 0 Å². The third-order valence-electron chi connectivity index (χ3n) is 2.26. The molecular weight excluding hydrogens is 255 g/mol. The van der Waals surface area contributed by atoms with Crippen molar-refractivity contribution in [3.05, 3.63) is 29.8 Å². The summed E-state index contributed by atoms with van der Waals surface area (Å²) < 4.78 is 60.0. The molecule has 1 unspecified atom stereocenters. The monoisotopic (exact) mass is 267 g/mol. The smallest absolute Gasteiger partial charge is 0.306 e. The van der Waals surface area contributed by atoms with E-state index in [1.165, 1.54) is 19.2 Å². The lowest BCUT2D eigenvalue weighted by Crippen LogP contribution is -2.31. The molecule has 0 spiro atoms. The second-order valence-corrected chi connectivity index (χ2v) is 5.62. The molecule has 1 atom stereocenters. The number of rotatable bonds is 3. The van der Waals surface area contributed by atoms with Crippen LogP contribution >= 0.6 is 0 Å². The highest BCUT2D eigenvalue weighted by molar-refractivity contribution is 7.90. The topological polar surface area (TPSA) is 46.2 Å². The minimum Gasteiger partial charge on any atom is -0.306 e. The fourth-order valence-corrected chi connectivity index (χ4v) is 2.06. The zero-order valence-electron chi connectivity index (χ0n) is 9.25. The number of hydrogen-bond acceptors (Lipinski definition) is 3. The molecule has 1 rings (SSSR count). The summed E-state index contributed by atoms with van der Waals surface area (Å²) in [5.74, 6) is 0. The van der Waals surface area contributed by atoms with Crippen LogP contribution in [0.5, 0.6) is 0 Å². The van der Waals surface area contributed by atoms with Gasteiger partial charge in [-0.25, -0.2) is 8.42 Å². The van der Waals surface area contributed by atoms with Gasteiger partial charge in [-0.15, -0.1) is 0 Å². The Morgan fingerprint density at radius 3 is 1.94 bits per heavy atom. The normalized spacial score (nSPS) is 14.6. The molecule has 96 valence electrons. The number of nitrogens with one attached hydrogen (secondary N) is 1. The van der Waals surface area contributed by atoms with Gasteiger partial charge in [0.15, 0.2) is 9.84 Å². The summed E-state index contributed by atoms with van der Waals surface area (Å²) in [6.07, 6.45) is -3.41. The second-order valence-electron chi connectivity index (χ2n) is 3.60. The predicted octanol–water partition coefficient (Wildman–Crippen LogP) is 1.91. The van der Waals surface area contributed by atoms with Gasteiger partial charge in [-0.2, -0.15) is 13.2 Å². The summed E-state index contributed by atoms with van der Waals surface area (Å²) in [5.41, 5.74) is -0.0209. The Bertz CT molecular complexity index is 479. The van der Waals surface area contributed by atoms with Crippen molar-refractivity contribution in [2.45, 2.75) is 17.1 Å². The van der Waals surface area contributed by atoms with E-state index in [0.29, 0.717) is 0 Å².